The Hall–Kier alpha value is -3.44. The lowest BCUT2D eigenvalue weighted by Crippen LogP contribution is -2.24. The molecule has 4 nitrogen and oxygen atoms in total. The maximum Gasteiger partial charge on any atom is 0.224 e. The summed E-state index contributed by atoms with van der Waals surface area (Å²) in [6, 6.07) is 26.5. The molecule has 1 fully saturated rings. The molecule has 3 aromatic carbocycles. The summed E-state index contributed by atoms with van der Waals surface area (Å²) in [4.78, 5) is 17.5. The fraction of sp³-hybridized carbons (Fsp3) is 0.333. The molecule has 3 aromatic rings. The first-order chi connectivity index (χ1) is 20.0. The average molecular weight is 612 g/mol. The normalized spacial score (nSPS) is 22.1. The predicted molar refractivity (Wildman–Crippen MR) is 173 cm³/mol. The molecule has 1 saturated carbocycles. The van der Waals surface area contributed by atoms with Gasteiger partial charge in [0.25, 0.3) is 0 Å². The molecule has 0 saturated heterocycles. The van der Waals surface area contributed by atoms with Crippen molar-refractivity contribution < 1.29 is 9.90 Å². The van der Waals surface area contributed by atoms with E-state index in [4.69, 9.17) is 0 Å². The first kappa shape index (κ1) is 29.1. The van der Waals surface area contributed by atoms with Crippen molar-refractivity contribution in [2.24, 2.45) is 16.8 Å². The van der Waals surface area contributed by atoms with E-state index in [0.29, 0.717) is 29.0 Å². The number of hydrogen-bond donors (Lipinski definition) is 2. The molecule has 4 atom stereocenters. The number of carbonyl (C=O) groups is 1. The van der Waals surface area contributed by atoms with Crippen molar-refractivity contribution in [3.8, 4) is 5.75 Å². The van der Waals surface area contributed by atoms with E-state index < -0.39 is 0 Å². The minimum Gasteiger partial charge on any atom is -0.507 e. The molecule has 212 valence electrons. The Bertz CT molecular complexity index is 1430. The molecule has 1 amide bonds. The van der Waals surface area contributed by atoms with Gasteiger partial charge in [-0.05, 0) is 72.3 Å². The van der Waals surface area contributed by atoms with E-state index in [1.807, 2.05) is 42.6 Å². The van der Waals surface area contributed by atoms with E-state index in [1.54, 1.807) is 6.07 Å². The molecule has 5 rings (SSSR count). The molecule has 3 unspecified atom stereocenters. The van der Waals surface area contributed by atoms with Crippen LogP contribution in [0, 0.1) is 11.8 Å². The highest BCUT2D eigenvalue weighted by molar-refractivity contribution is 9.10. The third-order valence-electron chi connectivity index (χ3n) is 8.26. The molecule has 1 aliphatic carbocycles. The van der Waals surface area contributed by atoms with E-state index >= 15 is 0 Å². The highest BCUT2D eigenvalue weighted by Crippen LogP contribution is 2.47. The minimum absolute atomic E-state index is 0.0886. The van der Waals surface area contributed by atoms with Crippen LogP contribution in [0.25, 0.3) is 5.57 Å². The predicted octanol–water partition coefficient (Wildman–Crippen LogP) is 8.02. The molecular formula is C36H39BrN2O2. The van der Waals surface area contributed by atoms with Crippen molar-refractivity contribution in [2.75, 3.05) is 6.54 Å². The number of aliphatic imine (C=N–C) groups is 1. The van der Waals surface area contributed by atoms with Gasteiger partial charge in [-0.25, -0.2) is 0 Å². The lowest BCUT2D eigenvalue weighted by molar-refractivity contribution is -0.122. The number of benzene rings is 3. The van der Waals surface area contributed by atoms with Crippen LogP contribution in [0.4, 0.5) is 0 Å². The van der Waals surface area contributed by atoms with E-state index in [0.717, 1.165) is 55.3 Å². The second-order valence-electron chi connectivity index (χ2n) is 11.2. The van der Waals surface area contributed by atoms with E-state index in [-0.39, 0.29) is 11.8 Å². The molecular weight excluding hydrogens is 572 g/mol. The third kappa shape index (κ3) is 7.85. The van der Waals surface area contributed by atoms with Crippen LogP contribution >= 0.6 is 15.9 Å². The largest absolute Gasteiger partial charge is 0.507 e. The van der Waals surface area contributed by atoms with Crippen molar-refractivity contribution in [2.45, 2.75) is 56.3 Å². The monoisotopic (exact) mass is 610 g/mol. The van der Waals surface area contributed by atoms with Crippen molar-refractivity contribution in [1.29, 1.82) is 0 Å². The SMILES string of the molecule is CC/C(=C\C(=C\CC1CN=CC1Br)c1ccccc1O)CCc1cccc(CNC(=O)C2C[C@H]2c2ccccc2)c1. The number of alkyl halides is 1. The van der Waals surface area contributed by atoms with E-state index in [1.165, 1.54) is 16.7 Å². The molecule has 2 aliphatic rings. The standard InChI is InChI=1S/C36H39BrN2O2/c1-2-25(20-29(31-13-6-7-14-35(31)40)17-18-30-23-38-24-34(30)37)15-16-26-9-8-10-27(19-26)22-39-36(41)33-21-32(33)28-11-4-3-5-12-28/h3-14,17,19-20,24,30,32-34,40H,2,15-16,18,21-23H2,1H3,(H,39,41)/b25-20+,29-17-/t30?,32-,33?,34?/m0/s1. The van der Waals surface area contributed by atoms with Crippen LogP contribution < -0.4 is 5.32 Å². The number of nitrogens with zero attached hydrogens (tertiary/aromatic N) is 1. The fourth-order valence-corrected chi connectivity index (χ4v) is 6.16. The number of aryl methyl sites for hydroxylation is 1. The van der Waals surface area contributed by atoms with Gasteiger partial charge in [-0.3, -0.25) is 9.79 Å². The number of carbonyl (C=O) groups excluding carboxylic acids is 1. The Kier molecular flexibility index (Phi) is 9.89. The van der Waals surface area contributed by atoms with Gasteiger partial charge in [-0.2, -0.15) is 0 Å². The van der Waals surface area contributed by atoms with Crippen molar-refractivity contribution in [3.05, 3.63) is 119 Å². The van der Waals surface area contributed by atoms with E-state index in [2.05, 4.69) is 81.7 Å². The smallest absolute Gasteiger partial charge is 0.224 e. The molecule has 0 aromatic heterocycles. The van der Waals surface area contributed by atoms with Gasteiger partial charge in [0.1, 0.15) is 5.75 Å². The second-order valence-corrected chi connectivity index (χ2v) is 12.2. The topological polar surface area (TPSA) is 61.7 Å². The van der Waals surface area contributed by atoms with Crippen LogP contribution in [-0.2, 0) is 17.8 Å². The molecule has 0 bridgehead atoms. The maximum absolute atomic E-state index is 12.7. The number of phenolic OH excluding ortho intramolecular Hbond substituents is 1. The zero-order valence-corrected chi connectivity index (χ0v) is 25.3. The summed E-state index contributed by atoms with van der Waals surface area (Å²) in [5, 5.41) is 13.8. The Morgan fingerprint density at radius 2 is 1.83 bits per heavy atom. The maximum atomic E-state index is 12.7. The number of nitrogens with one attached hydrogen (secondary N) is 1. The molecule has 1 heterocycles. The number of amides is 1. The lowest BCUT2D eigenvalue weighted by atomic mass is 9.94. The van der Waals surface area contributed by atoms with Crippen LogP contribution in [0.1, 0.15) is 60.8 Å². The number of rotatable bonds is 12. The molecule has 1 aliphatic heterocycles. The quantitative estimate of drug-likeness (QED) is 0.161. The molecule has 2 N–H and O–H groups in total. The summed E-state index contributed by atoms with van der Waals surface area (Å²) >= 11 is 3.72. The Morgan fingerprint density at radius 1 is 1.05 bits per heavy atom. The second kappa shape index (κ2) is 14.0. The zero-order chi connectivity index (χ0) is 28.6. The molecule has 0 radical (unpaired) electrons. The van der Waals surface area contributed by atoms with Gasteiger partial charge >= 0.3 is 0 Å². The summed E-state index contributed by atoms with van der Waals surface area (Å²) in [7, 11) is 0. The van der Waals surface area contributed by atoms with Crippen LogP contribution in [0.5, 0.6) is 5.75 Å². The number of para-hydroxylation sites is 1. The van der Waals surface area contributed by atoms with Gasteiger partial charge in [0.15, 0.2) is 0 Å². The number of aromatic hydroxyl groups is 1. The summed E-state index contributed by atoms with van der Waals surface area (Å²) in [6.45, 7) is 3.58. The number of hydrogen-bond acceptors (Lipinski definition) is 3. The summed E-state index contributed by atoms with van der Waals surface area (Å²) in [6.07, 6.45) is 11.1. The van der Waals surface area contributed by atoms with Crippen LogP contribution in [0.15, 0.2) is 102 Å². The van der Waals surface area contributed by atoms with Gasteiger partial charge in [-0.1, -0.05) is 113 Å². The van der Waals surface area contributed by atoms with Gasteiger partial charge in [0.2, 0.25) is 5.91 Å². The van der Waals surface area contributed by atoms with Gasteiger partial charge in [-0.15, -0.1) is 0 Å². The average Bonchev–Trinajstić information content (AvgIpc) is 3.71. The zero-order valence-electron chi connectivity index (χ0n) is 23.7. The number of phenols is 1. The highest BCUT2D eigenvalue weighted by atomic mass is 79.9. The summed E-state index contributed by atoms with van der Waals surface area (Å²) < 4.78 is 0. The van der Waals surface area contributed by atoms with Gasteiger partial charge in [0.05, 0.1) is 4.83 Å². The van der Waals surface area contributed by atoms with Crippen LogP contribution in [-0.4, -0.2) is 28.6 Å². The Morgan fingerprint density at radius 3 is 2.59 bits per heavy atom. The van der Waals surface area contributed by atoms with Crippen molar-refractivity contribution in [1.82, 2.24) is 5.32 Å². The highest BCUT2D eigenvalue weighted by Gasteiger charge is 2.43. The lowest BCUT2D eigenvalue weighted by Gasteiger charge is -2.13. The Labute approximate surface area is 252 Å². The molecule has 41 heavy (non-hydrogen) atoms. The number of halogens is 1. The van der Waals surface area contributed by atoms with Crippen molar-refractivity contribution >= 4 is 33.6 Å². The fourth-order valence-electron chi connectivity index (χ4n) is 5.61. The van der Waals surface area contributed by atoms with Gasteiger partial charge < -0.3 is 10.4 Å². The summed E-state index contributed by atoms with van der Waals surface area (Å²) in [5.41, 5.74) is 6.94. The van der Waals surface area contributed by atoms with E-state index in [9.17, 15) is 9.90 Å². The van der Waals surface area contributed by atoms with Crippen LogP contribution in [0.3, 0.4) is 0 Å². The molecule has 5 heteroatoms. The first-order valence-electron chi connectivity index (χ1n) is 14.7. The number of allylic oxidation sites excluding steroid dienone is 4. The van der Waals surface area contributed by atoms with Crippen molar-refractivity contribution in [3.63, 3.8) is 0 Å². The Balaban J connectivity index is 1.20. The van der Waals surface area contributed by atoms with Crippen LogP contribution in [0.2, 0.25) is 0 Å². The minimum atomic E-state index is 0.0886. The van der Waals surface area contributed by atoms with Gasteiger partial charge in [0, 0.05) is 30.8 Å². The molecule has 0 spiro atoms. The summed E-state index contributed by atoms with van der Waals surface area (Å²) in [5.74, 6) is 1.33. The third-order valence-corrected chi connectivity index (χ3v) is 9.24. The first-order valence-corrected chi connectivity index (χ1v) is 15.7.